The van der Waals surface area contributed by atoms with Crippen molar-refractivity contribution in [3.05, 3.63) is 60.8 Å². The molecule has 0 heteroatoms. The van der Waals surface area contributed by atoms with Crippen LogP contribution in [-0.4, -0.2) is 0 Å². The Balaban J connectivity index is 2.49. The topological polar surface area (TPSA) is 0 Å². The van der Waals surface area contributed by atoms with E-state index in [1.54, 1.807) is 0 Å². The molecule has 0 saturated carbocycles. The number of hydrogen-bond donors (Lipinski definition) is 0. The van der Waals surface area contributed by atoms with Gasteiger partial charge in [0.25, 0.3) is 0 Å². The second-order valence-electron chi connectivity index (χ2n) is 2.80. The molecule has 0 fully saturated rings. The van der Waals surface area contributed by atoms with Crippen molar-refractivity contribution in [3.63, 3.8) is 0 Å². The van der Waals surface area contributed by atoms with Crippen LogP contribution in [0.4, 0.5) is 0 Å². The molecule has 67 valence electrons. The van der Waals surface area contributed by atoms with Crippen molar-refractivity contribution in [2.45, 2.75) is 19.3 Å². The van der Waals surface area contributed by atoms with Gasteiger partial charge in [0.15, 0.2) is 0 Å². The van der Waals surface area contributed by atoms with E-state index in [1.807, 2.05) is 0 Å². The first-order chi connectivity index (χ1) is 6.50. The lowest BCUT2D eigenvalue weighted by Gasteiger charge is -1.80. The van der Waals surface area contributed by atoms with Crippen LogP contribution in [0.15, 0.2) is 54.7 Å². The second kappa shape index (κ2) is 7.35. The zero-order chi connectivity index (χ0) is 9.19. The molecule has 0 nitrogen and oxygen atoms in total. The largest absolute Gasteiger partial charge is 0.0808 e. The van der Waals surface area contributed by atoms with Crippen molar-refractivity contribution < 1.29 is 0 Å². The van der Waals surface area contributed by atoms with E-state index >= 15 is 0 Å². The summed E-state index contributed by atoms with van der Waals surface area (Å²) in [6, 6.07) is 0. The third kappa shape index (κ3) is 5.92. The van der Waals surface area contributed by atoms with Crippen molar-refractivity contribution in [2.75, 3.05) is 0 Å². The van der Waals surface area contributed by atoms with Gasteiger partial charge in [-0.15, -0.1) is 0 Å². The van der Waals surface area contributed by atoms with Crippen LogP contribution in [0.25, 0.3) is 0 Å². The molecule has 0 saturated heterocycles. The Morgan fingerprint density at radius 3 is 2.08 bits per heavy atom. The summed E-state index contributed by atoms with van der Waals surface area (Å²) in [5, 5.41) is 0. The highest BCUT2D eigenvalue weighted by Crippen LogP contribution is 1.94. The van der Waals surface area contributed by atoms with Gasteiger partial charge >= 0.3 is 0 Å². The van der Waals surface area contributed by atoms with Crippen molar-refractivity contribution in [1.29, 1.82) is 0 Å². The standard InChI is InChI=1S/C13H15/c1-2-4-6-8-10-12-13-11-9-7-5-3-1/h1-4,7-9,11,13H,5-6,12H2/b3-1-,4-2+,9-7+,10-8?,13-11+. The summed E-state index contributed by atoms with van der Waals surface area (Å²) in [7, 11) is 0. The monoisotopic (exact) mass is 171 g/mol. The maximum absolute atomic E-state index is 3.20. The third-order valence-electron chi connectivity index (χ3n) is 1.67. The first kappa shape index (κ1) is 9.79. The summed E-state index contributed by atoms with van der Waals surface area (Å²) in [6.07, 6.45) is 25.0. The Bertz CT molecular complexity index is 223. The van der Waals surface area contributed by atoms with Gasteiger partial charge in [-0.3, -0.25) is 0 Å². The molecule has 0 spiro atoms. The minimum absolute atomic E-state index is 0.908. The normalized spacial score (nSPS) is 30.2. The molecule has 0 aromatic rings. The van der Waals surface area contributed by atoms with Crippen LogP contribution in [0.5, 0.6) is 0 Å². The average Bonchev–Trinajstić information content (AvgIpc) is 2.18. The molecule has 0 heterocycles. The molecular weight excluding hydrogens is 156 g/mol. The Labute approximate surface area is 80.7 Å². The molecule has 0 amide bonds. The van der Waals surface area contributed by atoms with E-state index in [1.165, 1.54) is 0 Å². The number of rotatable bonds is 0. The van der Waals surface area contributed by atoms with E-state index in [0.717, 1.165) is 19.3 Å². The van der Waals surface area contributed by atoms with Crippen molar-refractivity contribution in [3.8, 4) is 0 Å². The molecule has 0 atom stereocenters. The lowest BCUT2D eigenvalue weighted by Crippen LogP contribution is -1.61. The van der Waals surface area contributed by atoms with E-state index in [9.17, 15) is 0 Å². The molecular formula is C13H15. The van der Waals surface area contributed by atoms with E-state index in [-0.39, 0.29) is 0 Å². The Morgan fingerprint density at radius 2 is 1.31 bits per heavy atom. The number of hydrogen-bond acceptors (Lipinski definition) is 0. The minimum Gasteiger partial charge on any atom is -0.0808 e. The first-order valence-electron chi connectivity index (χ1n) is 4.68. The average molecular weight is 171 g/mol. The molecule has 13 heavy (non-hydrogen) atoms. The van der Waals surface area contributed by atoms with Crippen LogP contribution in [-0.2, 0) is 0 Å². The second-order valence-corrected chi connectivity index (χ2v) is 2.80. The molecule has 0 aliphatic heterocycles. The summed E-state index contributed by atoms with van der Waals surface area (Å²) in [5.41, 5.74) is 0. The van der Waals surface area contributed by atoms with Crippen LogP contribution in [0, 0.1) is 6.08 Å². The third-order valence-corrected chi connectivity index (χ3v) is 1.67. The molecule has 1 aliphatic rings. The van der Waals surface area contributed by atoms with Crippen molar-refractivity contribution >= 4 is 0 Å². The van der Waals surface area contributed by atoms with Crippen LogP contribution in [0.1, 0.15) is 19.3 Å². The van der Waals surface area contributed by atoms with Gasteiger partial charge in [-0.2, -0.15) is 0 Å². The van der Waals surface area contributed by atoms with Gasteiger partial charge < -0.3 is 0 Å². The molecule has 1 aliphatic carbocycles. The molecule has 0 aromatic carbocycles. The first-order valence-corrected chi connectivity index (χ1v) is 4.68. The van der Waals surface area contributed by atoms with Crippen molar-refractivity contribution in [1.82, 2.24) is 0 Å². The van der Waals surface area contributed by atoms with Crippen LogP contribution in [0.3, 0.4) is 0 Å². The summed E-state index contributed by atoms with van der Waals surface area (Å²) >= 11 is 0. The maximum Gasteiger partial charge on any atom is -0.00946 e. The Kier molecular flexibility index (Phi) is 5.54. The SMILES string of the molecule is [C]1=C/C/C=C/C=C\C/C=C/C=C/C/1. The van der Waals surface area contributed by atoms with Gasteiger partial charge in [0, 0.05) is 0 Å². The lowest BCUT2D eigenvalue weighted by molar-refractivity contribution is 1.27. The fraction of sp³-hybridized carbons (Fsp3) is 0.231. The van der Waals surface area contributed by atoms with Gasteiger partial charge in [-0.25, -0.2) is 0 Å². The van der Waals surface area contributed by atoms with Crippen LogP contribution in [0.2, 0.25) is 0 Å². The zero-order valence-electron chi connectivity index (χ0n) is 7.82. The van der Waals surface area contributed by atoms with Gasteiger partial charge in [0.2, 0.25) is 0 Å². The summed E-state index contributed by atoms with van der Waals surface area (Å²) in [6.45, 7) is 0. The maximum atomic E-state index is 3.20. The van der Waals surface area contributed by atoms with Gasteiger partial charge in [-0.1, -0.05) is 54.7 Å². The molecule has 0 bridgehead atoms. The van der Waals surface area contributed by atoms with E-state index < -0.39 is 0 Å². The highest BCUT2D eigenvalue weighted by atomic mass is 13.8. The van der Waals surface area contributed by atoms with Crippen LogP contribution < -0.4 is 0 Å². The predicted molar refractivity (Wildman–Crippen MR) is 58.2 cm³/mol. The predicted octanol–water partition coefficient (Wildman–Crippen LogP) is 3.75. The molecule has 1 rings (SSSR count). The van der Waals surface area contributed by atoms with Gasteiger partial charge in [0.05, 0.1) is 0 Å². The van der Waals surface area contributed by atoms with E-state index in [4.69, 9.17) is 0 Å². The van der Waals surface area contributed by atoms with E-state index in [0.29, 0.717) is 0 Å². The van der Waals surface area contributed by atoms with Gasteiger partial charge in [-0.05, 0) is 25.3 Å². The zero-order valence-corrected chi connectivity index (χ0v) is 7.82. The highest BCUT2D eigenvalue weighted by molar-refractivity contribution is 5.10. The summed E-state index contributed by atoms with van der Waals surface area (Å²) < 4.78 is 0. The number of allylic oxidation sites excluding steroid dienone is 10. The van der Waals surface area contributed by atoms with E-state index in [2.05, 4.69) is 60.8 Å². The highest BCUT2D eigenvalue weighted by Gasteiger charge is 1.74. The smallest absolute Gasteiger partial charge is 0.00946 e. The Morgan fingerprint density at radius 1 is 0.692 bits per heavy atom. The quantitative estimate of drug-likeness (QED) is 0.520. The van der Waals surface area contributed by atoms with Crippen LogP contribution >= 0.6 is 0 Å². The molecule has 1 radical (unpaired) electrons. The van der Waals surface area contributed by atoms with Gasteiger partial charge in [0.1, 0.15) is 0 Å². The molecule has 0 N–H and O–H groups in total. The molecule has 0 unspecified atom stereocenters. The fourth-order valence-corrected chi connectivity index (χ4v) is 0.999. The fourth-order valence-electron chi connectivity index (χ4n) is 0.999. The Hall–Kier alpha value is -1.30. The molecule has 0 aromatic heterocycles. The van der Waals surface area contributed by atoms with Crippen molar-refractivity contribution in [2.24, 2.45) is 0 Å². The summed E-state index contributed by atoms with van der Waals surface area (Å²) in [5.74, 6) is 0. The lowest BCUT2D eigenvalue weighted by atomic mass is 10.3. The summed E-state index contributed by atoms with van der Waals surface area (Å²) in [4.78, 5) is 0. The minimum atomic E-state index is 0.908.